The number of hydrogen-bond acceptors (Lipinski definition) is 6. The van der Waals surface area contributed by atoms with Crippen LogP contribution in [0.4, 0.5) is 0 Å². The van der Waals surface area contributed by atoms with E-state index in [4.69, 9.17) is 14.2 Å². The molecule has 0 aliphatic rings. The summed E-state index contributed by atoms with van der Waals surface area (Å²) in [6.07, 6.45) is 69.2. The molecule has 0 heterocycles. The molecule has 6 heteroatoms. The van der Waals surface area contributed by atoms with Crippen molar-refractivity contribution in [1.29, 1.82) is 0 Å². The highest BCUT2D eigenvalue weighted by Crippen LogP contribution is 2.13. The van der Waals surface area contributed by atoms with Crippen LogP contribution in [-0.4, -0.2) is 37.2 Å². The van der Waals surface area contributed by atoms with Crippen LogP contribution < -0.4 is 0 Å². The Morgan fingerprint density at radius 2 is 0.625 bits per heavy atom. The summed E-state index contributed by atoms with van der Waals surface area (Å²) < 4.78 is 16.7. The Labute approximate surface area is 393 Å². The zero-order chi connectivity index (χ0) is 46.5. The molecular weight excluding hydrogens is 793 g/mol. The van der Waals surface area contributed by atoms with Gasteiger partial charge in [0.1, 0.15) is 13.2 Å². The van der Waals surface area contributed by atoms with Crippen LogP contribution in [0.2, 0.25) is 0 Å². The van der Waals surface area contributed by atoms with Gasteiger partial charge in [0, 0.05) is 19.3 Å². The van der Waals surface area contributed by atoms with Gasteiger partial charge in [-0.15, -0.1) is 0 Å². The summed E-state index contributed by atoms with van der Waals surface area (Å²) in [5.41, 5.74) is 0. The lowest BCUT2D eigenvalue weighted by Gasteiger charge is -2.18. The average Bonchev–Trinajstić information content (AvgIpc) is 3.29. The average molecular weight is 887 g/mol. The minimum Gasteiger partial charge on any atom is -0.462 e. The number of ether oxygens (including phenoxy) is 3. The lowest BCUT2D eigenvalue weighted by Crippen LogP contribution is -2.30. The molecule has 0 fully saturated rings. The third-order valence-electron chi connectivity index (χ3n) is 10.7. The Morgan fingerprint density at radius 1 is 0.328 bits per heavy atom. The zero-order valence-electron chi connectivity index (χ0n) is 41.3. The molecule has 1 unspecified atom stereocenters. The summed E-state index contributed by atoms with van der Waals surface area (Å²) in [6.45, 7) is 6.39. The van der Waals surface area contributed by atoms with Gasteiger partial charge in [-0.1, -0.05) is 220 Å². The molecule has 0 aliphatic carbocycles. The van der Waals surface area contributed by atoms with Crippen LogP contribution in [0.3, 0.4) is 0 Å². The van der Waals surface area contributed by atoms with Crippen LogP contribution in [0.25, 0.3) is 0 Å². The normalized spacial score (nSPS) is 13.0. The zero-order valence-corrected chi connectivity index (χ0v) is 41.3. The van der Waals surface area contributed by atoms with E-state index >= 15 is 0 Å². The fourth-order valence-corrected chi connectivity index (χ4v) is 6.75. The molecule has 0 rings (SSSR count). The number of unbranched alkanes of at least 4 members (excludes halogenated alkanes) is 22. The Hall–Kier alpha value is -3.93. The van der Waals surface area contributed by atoms with Gasteiger partial charge >= 0.3 is 17.9 Å². The summed E-state index contributed by atoms with van der Waals surface area (Å²) in [4.78, 5) is 38.0. The molecule has 0 aromatic rings. The van der Waals surface area contributed by atoms with Crippen molar-refractivity contribution in [2.24, 2.45) is 0 Å². The lowest BCUT2D eigenvalue weighted by molar-refractivity contribution is -0.167. The van der Waals surface area contributed by atoms with Crippen LogP contribution in [0.15, 0.2) is 109 Å². The Bertz CT molecular complexity index is 1340. The van der Waals surface area contributed by atoms with E-state index in [1.54, 1.807) is 0 Å². The van der Waals surface area contributed by atoms with Gasteiger partial charge in [-0.25, -0.2) is 0 Å². The predicted octanol–water partition coefficient (Wildman–Crippen LogP) is 17.1. The second-order valence-electron chi connectivity index (χ2n) is 16.9. The molecule has 0 N–H and O–H groups in total. The molecule has 64 heavy (non-hydrogen) atoms. The molecule has 0 aromatic carbocycles. The maximum absolute atomic E-state index is 12.8. The van der Waals surface area contributed by atoms with E-state index in [-0.39, 0.29) is 31.1 Å². The molecule has 6 nitrogen and oxygen atoms in total. The number of carbonyl (C=O) groups is 3. The first-order valence-electron chi connectivity index (χ1n) is 26.0. The first-order chi connectivity index (χ1) is 31.5. The van der Waals surface area contributed by atoms with Crippen molar-refractivity contribution >= 4 is 17.9 Å². The Kier molecular flexibility index (Phi) is 48.5. The first-order valence-corrected chi connectivity index (χ1v) is 26.0. The molecule has 362 valence electrons. The maximum atomic E-state index is 12.8. The van der Waals surface area contributed by atoms with E-state index in [0.717, 1.165) is 122 Å². The van der Waals surface area contributed by atoms with E-state index in [2.05, 4.69) is 106 Å². The van der Waals surface area contributed by atoms with Crippen molar-refractivity contribution < 1.29 is 28.6 Å². The second-order valence-corrected chi connectivity index (χ2v) is 16.9. The predicted molar refractivity (Wildman–Crippen MR) is 274 cm³/mol. The number of carbonyl (C=O) groups excluding carboxylic acids is 3. The van der Waals surface area contributed by atoms with Crippen LogP contribution in [0, 0.1) is 0 Å². The van der Waals surface area contributed by atoms with Crippen LogP contribution in [-0.2, 0) is 28.6 Å². The molecule has 1 atom stereocenters. The van der Waals surface area contributed by atoms with E-state index in [1.165, 1.54) is 57.8 Å². The third kappa shape index (κ3) is 49.1. The highest BCUT2D eigenvalue weighted by molar-refractivity contribution is 5.71. The second kappa shape index (κ2) is 51.7. The van der Waals surface area contributed by atoms with Crippen molar-refractivity contribution in [2.75, 3.05) is 13.2 Å². The fraction of sp³-hybridized carbons (Fsp3) is 0.638. The number of esters is 3. The maximum Gasteiger partial charge on any atom is 0.306 e. The molecule has 0 saturated heterocycles. The van der Waals surface area contributed by atoms with Gasteiger partial charge in [-0.05, 0) is 89.9 Å². The molecular formula is C58H94O6. The van der Waals surface area contributed by atoms with Crippen molar-refractivity contribution in [1.82, 2.24) is 0 Å². The van der Waals surface area contributed by atoms with Crippen molar-refractivity contribution in [2.45, 2.75) is 226 Å². The molecule has 0 spiro atoms. The summed E-state index contributed by atoms with van der Waals surface area (Å²) in [6, 6.07) is 0. The van der Waals surface area contributed by atoms with Crippen LogP contribution in [0.1, 0.15) is 220 Å². The van der Waals surface area contributed by atoms with E-state index in [1.807, 2.05) is 24.3 Å². The van der Waals surface area contributed by atoms with Gasteiger partial charge in [0.05, 0.1) is 0 Å². The van der Waals surface area contributed by atoms with Gasteiger partial charge in [0.2, 0.25) is 0 Å². The van der Waals surface area contributed by atoms with Gasteiger partial charge in [0.15, 0.2) is 6.10 Å². The van der Waals surface area contributed by atoms with E-state index < -0.39 is 6.10 Å². The summed E-state index contributed by atoms with van der Waals surface area (Å²) >= 11 is 0. The highest BCUT2D eigenvalue weighted by atomic mass is 16.6. The first kappa shape index (κ1) is 60.1. The summed E-state index contributed by atoms with van der Waals surface area (Å²) in [7, 11) is 0. The molecule has 0 amide bonds. The van der Waals surface area contributed by atoms with Gasteiger partial charge < -0.3 is 14.2 Å². The Morgan fingerprint density at radius 3 is 1.05 bits per heavy atom. The van der Waals surface area contributed by atoms with Gasteiger partial charge in [0.25, 0.3) is 0 Å². The largest absolute Gasteiger partial charge is 0.462 e. The van der Waals surface area contributed by atoms with Crippen molar-refractivity contribution in [3.63, 3.8) is 0 Å². The van der Waals surface area contributed by atoms with Gasteiger partial charge in [-0.3, -0.25) is 14.4 Å². The molecule has 0 saturated carbocycles. The molecule has 0 bridgehead atoms. The molecule has 0 radical (unpaired) electrons. The smallest absolute Gasteiger partial charge is 0.306 e. The number of hydrogen-bond donors (Lipinski definition) is 0. The van der Waals surface area contributed by atoms with Gasteiger partial charge in [-0.2, -0.15) is 0 Å². The SMILES string of the molecule is CC\C=C/C=C\C=C/C=C\CCCCCCCC(=O)OC(COC(=O)CCCCC/C=C\CCCCCCCC)COC(=O)CCCCCCC\C=C/C=C\C=C/C=C\CCCCC. The van der Waals surface area contributed by atoms with E-state index in [0.29, 0.717) is 19.3 Å². The molecule has 0 aromatic heterocycles. The third-order valence-corrected chi connectivity index (χ3v) is 10.7. The summed E-state index contributed by atoms with van der Waals surface area (Å²) in [5.74, 6) is -0.972. The van der Waals surface area contributed by atoms with Crippen molar-refractivity contribution in [3.05, 3.63) is 109 Å². The summed E-state index contributed by atoms with van der Waals surface area (Å²) in [5, 5.41) is 0. The quantitative estimate of drug-likeness (QED) is 0.0199. The highest BCUT2D eigenvalue weighted by Gasteiger charge is 2.19. The monoisotopic (exact) mass is 887 g/mol. The molecule has 0 aliphatic heterocycles. The number of allylic oxidation sites excluding steroid dienone is 18. The Balaban J connectivity index is 4.51. The number of rotatable bonds is 45. The minimum atomic E-state index is -0.808. The minimum absolute atomic E-state index is 0.106. The van der Waals surface area contributed by atoms with Crippen LogP contribution in [0.5, 0.6) is 0 Å². The fourth-order valence-electron chi connectivity index (χ4n) is 6.75. The van der Waals surface area contributed by atoms with E-state index in [9.17, 15) is 14.4 Å². The van der Waals surface area contributed by atoms with Crippen molar-refractivity contribution in [3.8, 4) is 0 Å². The standard InChI is InChI=1S/C58H94O6/c1-4-7-10-13-16-19-22-25-27-28-29-31-33-36-39-42-45-48-51-57(60)63-54-55(53-62-56(59)50-47-44-41-38-35-32-24-21-18-15-12-9-6-3)64-58(61)52-49-46-43-40-37-34-30-26-23-20-17-14-11-8-5-2/h8,11,14,16-17,19-20,22-23,25-32,35,55H,4-7,9-10,12-13,15,18,21,24,33-34,36-54H2,1-3H3/b11-8-,17-14-,19-16-,23-20-,25-22-,28-27-,30-26-,31-29-,35-32-. The van der Waals surface area contributed by atoms with Crippen LogP contribution >= 0.6 is 0 Å². The topological polar surface area (TPSA) is 78.9 Å². The lowest BCUT2D eigenvalue weighted by atomic mass is 10.1.